The van der Waals surface area contributed by atoms with Gasteiger partial charge in [0.1, 0.15) is 0 Å². The van der Waals surface area contributed by atoms with Gasteiger partial charge in [-0.15, -0.1) is 0 Å². The molecule has 0 aliphatic rings. The second-order valence-electron chi connectivity index (χ2n) is 3.60. The van der Waals surface area contributed by atoms with Crippen molar-refractivity contribution in [1.29, 1.82) is 0 Å². The number of amides is 1. The summed E-state index contributed by atoms with van der Waals surface area (Å²) in [6.07, 6.45) is 0.387. The molecular weight excluding hydrogens is 228 g/mol. The highest BCUT2D eigenvalue weighted by Crippen LogP contribution is 2.18. The maximum Gasteiger partial charge on any atom is 0.221 e. The minimum absolute atomic E-state index is 0.0193. The van der Waals surface area contributed by atoms with Crippen molar-refractivity contribution in [2.24, 2.45) is 5.73 Å². The molecule has 0 aliphatic carbocycles. The van der Waals surface area contributed by atoms with Crippen molar-refractivity contribution in [2.45, 2.75) is 26.8 Å². The number of halogens is 1. The third-order valence-electron chi connectivity index (χ3n) is 2.31. The van der Waals surface area contributed by atoms with Crippen LogP contribution >= 0.6 is 11.6 Å². The minimum Gasteiger partial charge on any atom is -0.355 e. The summed E-state index contributed by atoms with van der Waals surface area (Å²) in [5.41, 5.74) is 6.97. The summed E-state index contributed by atoms with van der Waals surface area (Å²) >= 11 is 6.00. The van der Waals surface area contributed by atoms with Gasteiger partial charge in [0.05, 0.1) is 23.0 Å². The Bertz CT molecular complexity index is 375. The zero-order valence-corrected chi connectivity index (χ0v) is 10.3. The molecule has 1 amide bonds. The van der Waals surface area contributed by atoms with Crippen molar-refractivity contribution in [1.82, 2.24) is 15.1 Å². The normalized spacial score (nSPS) is 10.5. The Labute approximate surface area is 99.9 Å². The number of aromatic nitrogens is 2. The predicted octanol–water partition coefficient (Wildman–Crippen LogP) is 0.618. The van der Waals surface area contributed by atoms with Crippen molar-refractivity contribution in [3.8, 4) is 0 Å². The molecule has 90 valence electrons. The smallest absolute Gasteiger partial charge is 0.221 e. The van der Waals surface area contributed by atoms with Gasteiger partial charge in [0.25, 0.3) is 0 Å². The van der Waals surface area contributed by atoms with Crippen LogP contribution in [-0.4, -0.2) is 28.8 Å². The van der Waals surface area contributed by atoms with E-state index in [1.54, 1.807) is 4.68 Å². The topological polar surface area (TPSA) is 72.9 Å². The van der Waals surface area contributed by atoms with E-state index in [-0.39, 0.29) is 5.91 Å². The average molecular weight is 245 g/mol. The lowest BCUT2D eigenvalue weighted by molar-refractivity contribution is -0.121. The third-order valence-corrected chi connectivity index (χ3v) is 2.86. The van der Waals surface area contributed by atoms with E-state index in [9.17, 15) is 4.79 Å². The Morgan fingerprint density at radius 2 is 2.25 bits per heavy atom. The highest BCUT2D eigenvalue weighted by Gasteiger charge is 2.09. The second-order valence-corrected chi connectivity index (χ2v) is 3.97. The Balaban J connectivity index is 2.48. The molecule has 16 heavy (non-hydrogen) atoms. The molecule has 5 nitrogen and oxygen atoms in total. The molecule has 0 atom stereocenters. The summed E-state index contributed by atoms with van der Waals surface area (Å²) in [5.74, 6) is -0.0193. The van der Waals surface area contributed by atoms with E-state index < -0.39 is 0 Å². The molecule has 1 aromatic heterocycles. The number of hydrogen-bond donors (Lipinski definition) is 2. The number of aryl methyl sites for hydroxylation is 2. The maximum atomic E-state index is 11.3. The monoisotopic (exact) mass is 244 g/mol. The van der Waals surface area contributed by atoms with Crippen LogP contribution in [0, 0.1) is 13.8 Å². The van der Waals surface area contributed by atoms with E-state index in [1.807, 2.05) is 13.8 Å². The Kier molecular flexibility index (Phi) is 4.76. The highest BCUT2D eigenvalue weighted by molar-refractivity contribution is 6.31. The molecule has 0 spiro atoms. The summed E-state index contributed by atoms with van der Waals surface area (Å²) in [7, 11) is 0. The van der Waals surface area contributed by atoms with Gasteiger partial charge in [0.15, 0.2) is 0 Å². The lowest BCUT2D eigenvalue weighted by atomic mass is 10.3. The molecule has 0 radical (unpaired) electrons. The van der Waals surface area contributed by atoms with Crippen molar-refractivity contribution >= 4 is 17.5 Å². The van der Waals surface area contributed by atoms with Crippen LogP contribution < -0.4 is 11.1 Å². The number of carbonyl (C=O) groups excluding carboxylic acids is 1. The zero-order chi connectivity index (χ0) is 12.1. The van der Waals surface area contributed by atoms with Gasteiger partial charge in [-0.1, -0.05) is 11.6 Å². The first-order valence-corrected chi connectivity index (χ1v) is 5.60. The van der Waals surface area contributed by atoms with Gasteiger partial charge in [0.2, 0.25) is 5.91 Å². The first-order valence-electron chi connectivity index (χ1n) is 5.22. The molecule has 0 aliphatic heterocycles. The molecule has 0 unspecified atom stereocenters. The summed E-state index contributed by atoms with van der Waals surface area (Å²) in [4.78, 5) is 11.3. The van der Waals surface area contributed by atoms with Crippen LogP contribution in [0.2, 0.25) is 5.02 Å². The summed E-state index contributed by atoms with van der Waals surface area (Å²) in [6.45, 7) is 5.24. The van der Waals surface area contributed by atoms with Gasteiger partial charge >= 0.3 is 0 Å². The van der Waals surface area contributed by atoms with Crippen LogP contribution in [0.1, 0.15) is 17.8 Å². The molecule has 0 saturated heterocycles. The molecule has 0 bridgehead atoms. The van der Waals surface area contributed by atoms with Gasteiger partial charge < -0.3 is 11.1 Å². The maximum absolute atomic E-state index is 11.3. The number of nitrogens with two attached hydrogens (primary N) is 1. The molecular formula is C10H17ClN4O. The van der Waals surface area contributed by atoms with Crippen molar-refractivity contribution in [3.05, 3.63) is 16.4 Å². The van der Waals surface area contributed by atoms with Gasteiger partial charge in [-0.3, -0.25) is 9.48 Å². The summed E-state index contributed by atoms with van der Waals surface area (Å²) in [6, 6.07) is 0. The molecule has 0 fully saturated rings. The van der Waals surface area contributed by atoms with Gasteiger partial charge in [0, 0.05) is 19.5 Å². The van der Waals surface area contributed by atoms with Crippen molar-refractivity contribution in [3.63, 3.8) is 0 Å². The number of nitrogens with one attached hydrogen (secondary N) is 1. The standard InChI is InChI=1S/C10H17ClN4O/c1-7-10(11)8(2)15(14-7)6-3-9(16)13-5-4-12/h3-6,12H2,1-2H3,(H,13,16). The van der Waals surface area contributed by atoms with E-state index in [0.29, 0.717) is 31.1 Å². The summed E-state index contributed by atoms with van der Waals surface area (Å²) < 4.78 is 1.75. The van der Waals surface area contributed by atoms with Crippen LogP contribution in [-0.2, 0) is 11.3 Å². The molecule has 0 aromatic carbocycles. The van der Waals surface area contributed by atoms with Crippen LogP contribution in [0.15, 0.2) is 0 Å². The lowest BCUT2D eigenvalue weighted by Gasteiger charge is -2.05. The van der Waals surface area contributed by atoms with Crippen LogP contribution in [0.5, 0.6) is 0 Å². The number of rotatable bonds is 5. The fourth-order valence-corrected chi connectivity index (χ4v) is 1.54. The lowest BCUT2D eigenvalue weighted by Crippen LogP contribution is -2.29. The molecule has 1 rings (SSSR count). The van der Waals surface area contributed by atoms with Crippen molar-refractivity contribution < 1.29 is 4.79 Å². The fourth-order valence-electron chi connectivity index (χ4n) is 1.40. The van der Waals surface area contributed by atoms with Gasteiger partial charge in [-0.05, 0) is 13.8 Å². The Hall–Kier alpha value is -1.07. The van der Waals surface area contributed by atoms with Gasteiger partial charge in [-0.2, -0.15) is 5.10 Å². The predicted molar refractivity (Wildman–Crippen MR) is 63.4 cm³/mol. The van der Waals surface area contributed by atoms with E-state index in [0.717, 1.165) is 11.4 Å². The first kappa shape index (κ1) is 13.0. The van der Waals surface area contributed by atoms with E-state index in [4.69, 9.17) is 17.3 Å². The Morgan fingerprint density at radius 3 is 2.75 bits per heavy atom. The van der Waals surface area contributed by atoms with E-state index in [1.165, 1.54) is 0 Å². The molecule has 6 heteroatoms. The molecule has 1 heterocycles. The molecule has 1 aromatic rings. The highest BCUT2D eigenvalue weighted by atomic mass is 35.5. The number of nitrogens with zero attached hydrogens (tertiary/aromatic N) is 2. The van der Waals surface area contributed by atoms with Crippen LogP contribution in [0.3, 0.4) is 0 Å². The van der Waals surface area contributed by atoms with Crippen LogP contribution in [0.25, 0.3) is 0 Å². The van der Waals surface area contributed by atoms with Crippen LogP contribution in [0.4, 0.5) is 0 Å². The average Bonchev–Trinajstić information content (AvgIpc) is 2.51. The number of carbonyl (C=O) groups is 1. The molecule has 3 N–H and O–H groups in total. The number of hydrogen-bond acceptors (Lipinski definition) is 3. The zero-order valence-electron chi connectivity index (χ0n) is 9.59. The fraction of sp³-hybridized carbons (Fsp3) is 0.600. The third kappa shape index (κ3) is 3.21. The van der Waals surface area contributed by atoms with E-state index in [2.05, 4.69) is 10.4 Å². The van der Waals surface area contributed by atoms with Gasteiger partial charge in [-0.25, -0.2) is 0 Å². The second kappa shape index (κ2) is 5.86. The minimum atomic E-state index is -0.0193. The first-order chi connectivity index (χ1) is 7.56. The largest absolute Gasteiger partial charge is 0.355 e. The quantitative estimate of drug-likeness (QED) is 0.798. The van der Waals surface area contributed by atoms with Crippen molar-refractivity contribution in [2.75, 3.05) is 13.1 Å². The summed E-state index contributed by atoms with van der Waals surface area (Å²) in [5, 5.41) is 7.62. The SMILES string of the molecule is Cc1nn(CCC(=O)NCCN)c(C)c1Cl. The Morgan fingerprint density at radius 1 is 1.56 bits per heavy atom. The van der Waals surface area contributed by atoms with E-state index >= 15 is 0 Å². The molecule has 0 saturated carbocycles.